The van der Waals surface area contributed by atoms with Gasteiger partial charge in [-0.2, -0.15) is 0 Å². The Morgan fingerprint density at radius 1 is 1.62 bits per heavy atom. The number of rotatable bonds is 3. The van der Waals surface area contributed by atoms with Gasteiger partial charge < -0.3 is 10.0 Å². The van der Waals surface area contributed by atoms with Gasteiger partial charge in [0.2, 0.25) is 0 Å². The smallest absolute Gasteiger partial charge is 0.101 e. The molecule has 1 aliphatic rings. The zero-order valence-corrected chi connectivity index (χ0v) is 8.44. The van der Waals surface area contributed by atoms with Gasteiger partial charge in [0.15, 0.2) is 0 Å². The first-order valence-corrected chi connectivity index (χ1v) is 4.60. The third kappa shape index (κ3) is 2.81. The van der Waals surface area contributed by atoms with Gasteiger partial charge in [-0.25, -0.2) is 0 Å². The highest BCUT2D eigenvalue weighted by Gasteiger charge is 2.11. The molecule has 0 saturated heterocycles. The average molecular weight is 183 g/mol. The summed E-state index contributed by atoms with van der Waals surface area (Å²) in [4.78, 5) is 10.5. The van der Waals surface area contributed by atoms with E-state index in [1.54, 1.807) is 13.3 Å². The first-order chi connectivity index (χ1) is 6.11. The van der Waals surface area contributed by atoms with Crippen molar-refractivity contribution in [1.82, 2.24) is 4.90 Å². The molecule has 0 saturated carbocycles. The summed E-state index contributed by atoms with van der Waals surface area (Å²) < 4.78 is 0. The fourth-order valence-corrected chi connectivity index (χ4v) is 1.02. The number of nitrogens with zero attached hydrogens (tertiary/aromatic N) is 3. The predicted octanol–water partition coefficient (Wildman–Crippen LogP) is 0.518. The standard InChI is InChI=1S/C9H17N3O/c1-7(8(2)13)11-6-12-5-4-10-9(12)3/h6-8,13H,4-5H2,1-3H3/b11-6-/t7-,8?/m1/s1. The first-order valence-electron chi connectivity index (χ1n) is 4.60. The molecule has 0 fully saturated rings. The molecule has 0 bridgehead atoms. The molecule has 74 valence electrons. The predicted molar refractivity (Wildman–Crippen MR) is 54.3 cm³/mol. The normalized spacial score (nSPS) is 22.2. The summed E-state index contributed by atoms with van der Waals surface area (Å²) in [5.41, 5.74) is 0. The number of hydrogen-bond donors (Lipinski definition) is 1. The van der Waals surface area contributed by atoms with E-state index < -0.39 is 6.10 Å². The van der Waals surface area contributed by atoms with E-state index in [0.29, 0.717) is 0 Å². The van der Waals surface area contributed by atoms with Crippen LogP contribution in [0.3, 0.4) is 0 Å². The van der Waals surface area contributed by atoms with Crippen molar-refractivity contribution in [1.29, 1.82) is 0 Å². The Morgan fingerprint density at radius 3 is 2.77 bits per heavy atom. The molecule has 4 heteroatoms. The second kappa shape index (κ2) is 4.37. The lowest BCUT2D eigenvalue weighted by Crippen LogP contribution is -2.26. The third-order valence-electron chi connectivity index (χ3n) is 2.24. The van der Waals surface area contributed by atoms with E-state index in [9.17, 15) is 5.11 Å². The topological polar surface area (TPSA) is 48.2 Å². The Hall–Kier alpha value is -0.900. The minimum atomic E-state index is -0.393. The fourth-order valence-electron chi connectivity index (χ4n) is 1.02. The highest BCUT2D eigenvalue weighted by Crippen LogP contribution is 2.00. The van der Waals surface area contributed by atoms with Crippen molar-refractivity contribution in [3.05, 3.63) is 0 Å². The van der Waals surface area contributed by atoms with Gasteiger partial charge >= 0.3 is 0 Å². The van der Waals surface area contributed by atoms with Crippen LogP contribution in [0.15, 0.2) is 9.98 Å². The van der Waals surface area contributed by atoms with Crippen molar-refractivity contribution in [2.45, 2.75) is 32.9 Å². The fraction of sp³-hybridized carbons (Fsp3) is 0.778. The molecule has 0 aromatic rings. The van der Waals surface area contributed by atoms with Crippen LogP contribution < -0.4 is 0 Å². The molecule has 1 rings (SSSR count). The maximum Gasteiger partial charge on any atom is 0.101 e. The first kappa shape index (κ1) is 10.2. The van der Waals surface area contributed by atoms with E-state index in [1.165, 1.54) is 0 Å². The molecule has 0 amide bonds. The Balaban J connectivity index is 2.44. The lowest BCUT2D eigenvalue weighted by Gasteiger charge is -2.14. The average Bonchev–Trinajstić information content (AvgIpc) is 2.47. The van der Waals surface area contributed by atoms with Gasteiger partial charge in [-0.15, -0.1) is 0 Å². The van der Waals surface area contributed by atoms with E-state index in [-0.39, 0.29) is 6.04 Å². The monoisotopic (exact) mass is 183 g/mol. The van der Waals surface area contributed by atoms with Crippen LogP contribution in [0.5, 0.6) is 0 Å². The number of amidine groups is 1. The van der Waals surface area contributed by atoms with Gasteiger partial charge in [-0.1, -0.05) is 0 Å². The zero-order chi connectivity index (χ0) is 9.84. The Kier molecular flexibility index (Phi) is 3.42. The third-order valence-corrected chi connectivity index (χ3v) is 2.24. The van der Waals surface area contributed by atoms with Crippen LogP contribution in [0, 0.1) is 0 Å². The molecule has 13 heavy (non-hydrogen) atoms. The van der Waals surface area contributed by atoms with E-state index in [2.05, 4.69) is 9.98 Å². The van der Waals surface area contributed by atoms with Gasteiger partial charge in [0.05, 0.1) is 25.0 Å². The Labute approximate surface area is 79.0 Å². The Morgan fingerprint density at radius 2 is 2.31 bits per heavy atom. The van der Waals surface area contributed by atoms with Crippen LogP contribution in [0.1, 0.15) is 20.8 Å². The van der Waals surface area contributed by atoms with Gasteiger partial charge in [0.1, 0.15) is 5.84 Å². The summed E-state index contributed by atoms with van der Waals surface area (Å²) in [6.45, 7) is 7.35. The molecule has 1 unspecified atom stereocenters. The maximum absolute atomic E-state index is 9.20. The van der Waals surface area contributed by atoms with Gasteiger partial charge in [-0.3, -0.25) is 9.98 Å². The van der Waals surface area contributed by atoms with Crippen molar-refractivity contribution >= 4 is 12.2 Å². The molecule has 0 aromatic heterocycles. The SMILES string of the molecule is CC1=NCCN1/C=N\[C@H](C)C(C)O. The van der Waals surface area contributed by atoms with Crippen molar-refractivity contribution in [2.24, 2.45) is 9.98 Å². The van der Waals surface area contributed by atoms with Crippen molar-refractivity contribution in [3.8, 4) is 0 Å². The molecule has 1 aliphatic heterocycles. The quantitative estimate of drug-likeness (QED) is 0.512. The Bertz CT molecular complexity index is 223. The van der Waals surface area contributed by atoms with Gasteiger partial charge in [-0.05, 0) is 20.8 Å². The van der Waals surface area contributed by atoms with Crippen LogP contribution in [0.25, 0.3) is 0 Å². The van der Waals surface area contributed by atoms with Crippen LogP contribution in [-0.2, 0) is 0 Å². The molecular weight excluding hydrogens is 166 g/mol. The van der Waals surface area contributed by atoms with Crippen molar-refractivity contribution in [2.75, 3.05) is 13.1 Å². The zero-order valence-electron chi connectivity index (χ0n) is 8.44. The molecule has 1 heterocycles. The van der Waals surface area contributed by atoms with Crippen LogP contribution >= 0.6 is 0 Å². The van der Waals surface area contributed by atoms with Crippen LogP contribution in [-0.4, -0.2) is 47.4 Å². The second-order valence-electron chi connectivity index (χ2n) is 3.37. The van der Waals surface area contributed by atoms with E-state index in [4.69, 9.17) is 0 Å². The van der Waals surface area contributed by atoms with Gasteiger partial charge in [0, 0.05) is 6.54 Å². The molecule has 0 spiro atoms. The van der Waals surface area contributed by atoms with E-state index in [1.807, 2.05) is 18.7 Å². The molecule has 2 atom stereocenters. The van der Waals surface area contributed by atoms with Crippen molar-refractivity contribution in [3.63, 3.8) is 0 Å². The molecule has 0 aliphatic carbocycles. The number of aliphatic hydroxyl groups is 1. The lowest BCUT2D eigenvalue weighted by molar-refractivity contribution is 0.171. The summed E-state index contributed by atoms with van der Waals surface area (Å²) in [7, 11) is 0. The number of hydrogen-bond acceptors (Lipinski definition) is 3. The highest BCUT2D eigenvalue weighted by atomic mass is 16.3. The second-order valence-corrected chi connectivity index (χ2v) is 3.37. The summed E-state index contributed by atoms with van der Waals surface area (Å²) >= 11 is 0. The molecule has 0 radical (unpaired) electrons. The largest absolute Gasteiger partial charge is 0.391 e. The van der Waals surface area contributed by atoms with Gasteiger partial charge in [0.25, 0.3) is 0 Å². The van der Waals surface area contributed by atoms with Crippen LogP contribution in [0.4, 0.5) is 0 Å². The summed E-state index contributed by atoms with van der Waals surface area (Å²) in [6.07, 6.45) is 1.37. The lowest BCUT2D eigenvalue weighted by atomic mass is 10.2. The van der Waals surface area contributed by atoms with Crippen molar-refractivity contribution < 1.29 is 5.11 Å². The molecule has 4 nitrogen and oxygen atoms in total. The minimum Gasteiger partial charge on any atom is -0.391 e. The van der Waals surface area contributed by atoms with Crippen LogP contribution in [0.2, 0.25) is 0 Å². The van der Waals surface area contributed by atoms with E-state index in [0.717, 1.165) is 18.9 Å². The minimum absolute atomic E-state index is 0.0478. The summed E-state index contributed by atoms with van der Waals surface area (Å²) in [5, 5.41) is 9.20. The van der Waals surface area contributed by atoms with E-state index >= 15 is 0 Å². The molecule has 0 aromatic carbocycles. The number of aliphatic imine (C=N–C) groups is 2. The molecular formula is C9H17N3O. The summed E-state index contributed by atoms with van der Waals surface area (Å²) in [6, 6.07) is -0.0478. The maximum atomic E-state index is 9.20. The summed E-state index contributed by atoms with van der Waals surface area (Å²) in [5.74, 6) is 1.00. The number of aliphatic hydroxyl groups excluding tert-OH is 1. The highest BCUT2D eigenvalue weighted by molar-refractivity contribution is 5.91. The molecule has 1 N–H and O–H groups in total.